The number of hydrogen-bond donors (Lipinski definition) is 0. The van der Waals surface area contributed by atoms with Crippen molar-refractivity contribution in [1.29, 1.82) is 0 Å². The second-order valence-electron chi connectivity index (χ2n) is 2.59. The number of rotatable bonds is 0. The minimum Gasteiger partial charge on any atom is -0.458 e. The zero-order valence-electron chi connectivity index (χ0n) is 6.43. The van der Waals surface area contributed by atoms with E-state index in [-0.39, 0.29) is 0 Å². The van der Waals surface area contributed by atoms with Crippen LogP contribution in [0.5, 0.6) is 5.75 Å². The summed E-state index contributed by atoms with van der Waals surface area (Å²) in [5.74, 6) is 0.757. The molecule has 0 bridgehead atoms. The van der Waals surface area contributed by atoms with Crippen LogP contribution in [0.4, 0.5) is 0 Å². The van der Waals surface area contributed by atoms with Crippen molar-refractivity contribution in [3.8, 4) is 5.75 Å². The monoisotopic (exact) mass is 162 g/mol. The van der Waals surface area contributed by atoms with Crippen molar-refractivity contribution in [2.75, 3.05) is 0 Å². The molecule has 3 heteroatoms. The van der Waals surface area contributed by atoms with Gasteiger partial charge in [0.25, 0.3) is 6.20 Å². The fraction of sp³-hybridized carbons (Fsp3) is 0.111. The molecule has 1 aromatic carbocycles. The lowest BCUT2D eigenvalue weighted by atomic mass is 10.2. The van der Waals surface area contributed by atoms with Crippen molar-refractivity contribution in [1.82, 2.24) is 0 Å². The lowest BCUT2D eigenvalue weighted by Crippen LogP contribution is -1.97. The van der Waals surface area contributed by atoms with Crippen molar-refractivity contribution in [3.63, 3.8) is 0 Å². The number of nitroso groups, excluding NO2 is 1. The standard InChI is InChI=1S/C9H8NO2/c11-10-5-6-12-9-4-2-1-3-8(9)7-10/h1-6H,7H2/q+1. The van der Waals surface area contributed by atoms with Gasteiger partial charge in [0.1, 0.15) is 5.75 Å². The van der Waals surface area contributed by atoms with Gasteiger partial charge < -0.3 is 4.74 Å². The highest BCUT2D eigenvalue weighted by Gasteiger charge is 2.14. The Morgan fingerprint density at radius 2 is 2.17 bits per heavy atom. The van der Waals surface area contributed by atoms with E-state index in [0.717, 1.165) is 16.1 Å². The first-order valence-electron chi connectivity index (χ1n) is 3.71. The van der Waals surface area contributed by atoms with Crippen molar-refractivity contribution in [2.45, 2.75) is 6.54 Å². The van der Waals surface area contributed by atoms with Gasteiger partial charge in [-0.1, -0.05) is 12.1 Å². The Bertz CT molecular complexity index is 344. The molecule has 0 amide bonds. The molecule has 0 fully saturated rings. The highest BCUT2D eigenvalue weighted by atomic mass is 16.5. The van der Waals surface area contributed by atoms with Crippen LogP contribution in [-0.4, -0.2) is 4.76 Å². The van der Waals surface area contributed by atoms with E-state index in [9.17, 15) is 4.91 Å². The number of ether oxygens (including phenoxy) is 1. The molecule has 1 aliphatic heterocycles. The van der Waals surface area contributed by atoms with Crippen LogP contribution in [0, 0.1) is 4.91 Å². The first-order chi connectivity index (χ1) is 5.86. The summed E-state index contributed by atoms with van der Waals surface area (Å²) in [6, 6.07) is 7.50. The first kappa shape index (κ1) is 7.03. The summed E-state index contributed by atoms with van der Waals surface area (Å²) in [6.45, 7) is 0.354. The molecule has 0 spiro atoms. The molecule has 1 aliphatic rings. The molecule has 0 radical (unpaired) electrons. The molecule has 0 atom stereocenters. The third-order valence-corrected chi connectivity index (χ3v) is 1.72. The average molecular weight is 162 g/mol. The molecule has 0 saturated heterocycles. The van der Waals surface area contributed by atoms with Gasteiger partial charge in [-0.15, -0.1) is 0 Å². The number of nitrogens with zero attached hydrogens (tertiary/aromatic N) is 1. The van der Waals surface area contributed by atoms with E-state index >= 15 is 0 Å². The predicted octanol–water partition coefficient (Wildman–Crippen LogP) is 1.83. The van der Waals surface area contributed by atoms with Crippen LogP contribution in [0.3, 0.4) is 0 Å². The Morgan fingerprint density at radius 1 is 1.33 bits per heavy atom. The Kier molecular flexibility index (Phi) is 1.63. The second-order valence-corrected chi connectivity index (χ2v) is 2.59. The third-order valence-electron chi connectivity index (χ3n) is 1.72. The van der Waals surface area contributed by atoms with Crippen LogP contribution in [0.1, 0.15) is 5.56 Å². The number of para-hydroxylation sites is 1. The summed E-state index contributed by atoms with van der Waals surface area (Å²) in [7, 11) is 0. The maximum Gasteiger partial charge on any atom is 0.256 e. The van der Waals surface area contributed by atoms with E-state index in [2.05, 4.69) is 0 Å². The lowest BCUT2D eigenvalue weighted by Gasteiger charge is -1.99. The molecule has 0 unspecified atom stereocenters. The number of fused-ring (bicyclic) bond motifs is 1. The fourth-order valence-electron chi connectivity index (χ4n) is 1.14. The van der Waals surface area contributed by atoms with Gasteiger partial charge in [-0.3, -0.25) is 0 Å². The fourth-order valence-corrected chi connectivity index (χ4v) is 1.14. The van der Waals surface area contributed by atoms with E-state index in [1.54, 1.807) is 0 Å². The summed E-state index contributed by atoms with van der Waals surface area (Å²) in [6.07, 6.45) is 2.78. The number of benzene rings is 1. The van der Waals surface area contributed by atoms with Crippen LogP contribution in [0.15, 0.2) is 36.7 Å². The van der Waals surface area contributed by atoms with Gasteiger partial charge in [0.2, 0.25) is 6.54 Å². The van der Waals surface area contributed by atoms with E-state index in [4.69, 9.17) is 4.74 Å². The maximum atomic E-state index is 11.0. The summed E-state index contributed by atoms with van der Waals surface area (Å²) < 4.78 is 6.04. The molecule has 60 valence electrons. The predicted molar refractivity (Wildman–Crippen MR) is 43.5 cm³/mol. The van der Waals surface area contributed by atoms with Gasteiger partial charge in [-0.05, 0) is 12.1 Å². The summed E-state index contributed by atoms with van der Waals surface area (Å²) in [4.78, 5) is 11.0. The molecule has 0 saturated carbocycles. The van der Waals surface area contributed by atoms with Crippen LogP contribution in [-0.2, 0) is 6.54 Å². The minimum atomic E-state index is 0.354. The maximum absolute atomic E-state index is 11.0. The highest BCUT2D eigenvalue weighted by molar-refractivity contribution is 5.33. The lowest BCUT2D eigenvalue weighted by molar-refractivity contribution is -0.495. The van der Waals surface area contributed by atoms with Crippen LogP contribution in [0.25, 0.3) is 0 Å². The minimum absolute atomic E-state index is 0.354. The molecule has 12 heavy (non-hydrogen) atoms. The normalized spacial score (nSPS) is 14.8. The van der Waals surface area contributed by atoms with Crippen LogP contribution >= 0.6 is 0 Å². The zero-order valence-corrected chi connectivity index (χ0v) is 6.43. The van der Waals surface area contributed by atoms with Crippen molar-refractivity contribution < 1.29 is 9.50 Å². The SMILES string of the molecule is O=[N+]1C=COc2ccccc2C1. The van der Waals surface area contributed by atoms with Crippen molar-refractivity contribution >= 4 is 0 Å². The zero-order chi connectivity index (χ0) is 8.39. The van der Waals surface area contributed by atoms with Crippen molar-refractivity contribution in [3.05, 3.63) is 47.2 Å². The van der Waals surface area contributed by atoms with E-state index in [0.29, 0.717) is 6.54 Å². The van der Waals surface area contributed by atoms with Gasteiger partial charge in [0.05, 0.1) is 5.56 Å². The van der Waals surface area contributed by atoms with Gasteiger partial charge >= 0.3 is 0 Å². The van der Waals surface area contributed by atoms with E-state index in [1.807, 2.05) is 24.3 Å². The van der Waals surface area contributed by atoms with E-state index in [1.165, 1.54) is 12.5 Å². The molecule has 1 aromatic rings. The molecular weight excluding hydrogens is 154 g/mol. The topological polar surface area (TPSA) is 29.3 Å². The first-order valence-corrected chi connectivity index (χ1v) is 3.71. The van der Waals surface area contributed by atoms with Crippen LogP contribution < -0.4 is 4.74 Å². The molecule has 0 aromatic heterocycles. The quantitative estimate of drug-likeness (QED) is 0.544. The largest absolute Gasteiger partial charge is 0.458 e. The van der Waals surface area contributed by atoms with Gasteiger partial charge in [-0.25, -0.2) is 0 Å². The average Bonchev–Trinajstić information content (AvgIpc) is 2.25. The summed E-state index contributed by atoms with van der Waals surface area (Å²) in [5, 5.41) is 0. The Morgan fingerprint density at radius 3 is 3.08 bits per heavy atom. The van der Waals surface area contributed by atoms with E-state index < -0.39 is 0 Å². The smallest absolute Gasteiger partial charge is 0.256 e. The summed E-state index contributed by atoms with van der Waals surface area (Å²) in [5.41, 5.74) is 0.914. The van der Waals surface area contributed by atoms with Crippen molar-refractivity contribution in [2.24, 2.45) is 0 Å². The molecule has 1 heterocycles. The molecule has 2 rings (SSSR count). The Balaban J connectivity index is 2.44. The number of hydrogen-bond acceptors (Lipinski definition) is 2. The Labute approximate surface area is 69.8 Å². The summed E-state index contributed by atoms with van der Waals surface area (Å²) >= 11 is 0. The second kappa shape index (κ2) is 2.77. The van der Waals surface area contributed by atoms with Crippen LogP contribution in [0.2, 0.25) is 0 Å². The third kappa shape index (κ3) is 1.21. The molecule has 0 N–H and O–H groups in total. The van der Waals surface area contributed by atoms with Gasteiger partial charge in [0, 0.05) is 9.67 Å². The molecule has 3 nitrogen and oxygen atoms in total. The van der Waals surface area contributed by atoms with Gasteiger partial charge in [-0.2, -0.15) is 0 Å². The highest BCUT2D eigenvalue weighted by Crippen LogP contribution is 2.20. The molecule has 0 aliphatic carbocycles. The van der Waals surface area contributed by atoms with Gasteiger partial charge in [0.15, 0.2) is 6.26 Å². The Hall–Kier alpha value is -1.64. The molecular formula is C9H8NO2+.